The molecular weight excluding hydrogens is 452 g/mol. The summed E-state index contributed by atoms with van der Waals surface area (Å²) in [4.78, 5) is 35.8. The number of rotatable bonds is 6. The van der Waals surface area contributed by atoms with Gasteiger partial charge in [0.25, 0.3) is 5.91 Å². The zero-order valence-corrected chi connectivity index (χ0v) is 21.1. The molecule has 2 heterocycles. The van der Waals surface area contributed by atoms with E-state index in [0.717, 1.165) is 56.4 Å². The number of hydrogen-bond acceptors (Lipinski definition) is 4. The van der Waals surface area contributed by atoms with Crippen molar-refractivity contribution in [2.24, 2.45) is 10.9 Å². The Labute approximate surface area is 212 Å². The topological polar surface area (TPSA) is 79.7 Å². The summed E-state index contributed by atoms with van der Waals surface area (Å²) in [5, 5.41) is 0. The van der Waals surface area contributed by atoms with Crippen molar-refractivity contribution in [1.29, 1.82) is 0 Å². The fourth-order valence-corrected chi connectivity index (χ4v) is 5.67. The molecule has 7 heteroatoms. The number of imidazole rings is 1. The molecule has 0 bridgehead atoms. The molecule has 2 fully saturated rings. The molecule has 36 heavy (non-hydrogen) atoms. The monoisotopic (exact) mass is 488 g/mol. The van der Waals surface area contributed by atoms with Gasteiger partial charge in [0.05, 0.1) is 23.6 Å². The second kappa shape index (κ2) is 11.2. The second-order valence-electron chi connectivity index (χ2n) is 10.0. The lowest BCUT2D eigenvalue weighted by Crippen LogP contribution is -2.30. The first-order chi connectivity index (χ1) is 17.6. The number of H-pyrrole nitrogens is 1. The van der Waals surface area contributed by atoms with Crippen LogP contribution in [-0.2, 0) is 16.1 Å². The predicted octanol–water partition coefficient (Wildman–Crippen LogP) is 4.99. The van der Waals surface area contributed by atoms with Gasteiger partial charge in [0.1, 0.15) is 0 Å². The Morgan fingerprint density at radius 2 is 1.75 bits per heavy atom. The number of benzene rings is 2. The normalized spacial score (nSPS) is 21.5. The van der Waals surface area contributed by atoms with Crippen LogP contribution in [0.5, 0.6) is 0 Å². The van der Waals surface area contributed by atoms with Gasteiger partial charge in [0.15, 0.2) is 0 Å². The lowest BCUT2D eigenvalue weighted by Gasteiger charge is -2.29. The molecule has 1 N–H and O–H groups in total. The Bertz CT molecular complexity index is 1260. The van der Waals surface area contributed by atoms with Crippen LogP contribution in [0.3, 0.4) is 0 Å². The standard InChI is InChI=1S/C29H36N4O3/c1-2-36-28(35)23-12-14-24(15-13-23)33-26-19-21(20-32-17-7-4-8-18-32)11-16-25(26)30-29(33)31-27(34)22-9-5-3-6-10-22/h3,5-6,9-11,16,19,23-24H,2,4,7-8,12-15,17-18,20H2,1H3,(H,30,31,34)/t23-,24+. The van der Waals surface area contributed by atoms with Crippen LogP contribution in [-0.4, -0.2) is 46.0 Å². The zero-order chi connectivity index (χ0) is 24.9. The first kappa shape index (κ1) is 24.5. The maximum absolute atomic E-state index is 13.0. The third-order valence-corrected chi connectivity index (χ3v) is 7.56. The lowest BCUT2D eigenvalue weighted by molar-refractivity contribution is -0.149. The minimum Gasteiger partial charge on any atom is -0.466 e. The number of carbonyl (C=O) groups is 2. The smallest absolute Gasteiger partial charge is 0.308 e. The van der Waals surface area contributed by atoms with Gasteiger partial charge in [0, 0.05) is 18.2 Å². The number of aromatic nitrogens is 2. The van der Waals surface area contributed by atoms with Crippen LogP contribution in [0.15, 0.2) is 53.5 Å². The summed E-state index contributed by atoms with van der Waals surface area (Å²) in [7, 11) is 0. The van der Waals surface area contributed by atoms with E-state index in [9.17, 15) is 9.59 Å². The van der Waals surface area contributed by atoms with Gasteiger partial charge in [-0.3, -0.25) is 14.5 Å². The highest BCUT2D eigenvalue weighted by Crippen LogP contribution is 2.34. The Balaban J connectivity index is 1.49. The number of amides is 1. The number of esters is 1. The summed E-state index contributed by atoms with van der Waals surface area (Å²) in [6, 6.07) is 15.9. The molecule has 1 aliphatic carbocycles. The fourth-order valence-electron chi connectivity index (χ4n) is 5.67. The summed E-state index contributed by atoms with van der Waals surface area (Å²) in [5.41, 5.74) is 4.47. The van der Waals surface area contributed by atoms with Crippen molar-refractivity contribution in [3.05, 3.63) is 65.3 Å². The van der Waals surface area contributed by atoms with E-state index in [2.05, 4.69) is 37.6 Å². The average Bonchev–Trinajstić information content (AvgIpc) is 3.27. The first-order valence-electron chi connectivity index (χ1n) is 13.4. The van der Waals surface area contributed by atoms with Gasteiger partial charge in [-0.1, -0.05) is 30.7 Å². The van der Waals surface area contributed by atoms with Crippen LogP contribution in [0, 0.1) is 5.92 Å². The van der Waals surface area contributed by atoms with E-state index in [4.69, 9.17) is 4.74 Å². The number of ether oxygens (including phenoxy) is 1. The van der Waals surface area contributed by atoms with Gasteiger partial charge < -0.3 is 14.3 Å². The maximum Gasteiger partial charge on any atom is 0.308 e. The summed E-state index contributed by atoms with van der Waals surface area (Å²) in [6.07, 6.45) is 7.11. The number of aromatic amines is 1. The number of nitrogens with zero attached hydrogens (tertiary/aromatic N) is 3. The molecule has 0 radical (unpaired) electrons. The highest BCUT2D eigenvalue weighted by Gasteiger charge is 2.29. The minimum atomic E-state index is -0.260. The Morgan fingerprint density at radius 3 is 2.47 bits per heavy atom. The quantitative estimate of drug-likeness (QED) is 0.496. The number of carbonyl (C=O) groups excluding carboxylic acids is 2. The molecule has 190 valence electrons. The Morgan fingerprint density at radius 1 is 1.00 bits per heavy atom. The van der Waals surface area contributed by atoms with Crippen LogP contribution < -0.4 is 5.62 Å². The van der Waals surface area contributed by atoms with Crippen molar-refractivity contribution in [2.75, 3.05) is 19.7 Å². The molecular formula is C29H36N4O3. The molecule has 0 atom stereocenters. The van der Waals surface area contributed by atoms with Gasteiger partial charge in [-0.05, 0) is 88.4 Å². The SMILES string of the molecule is CCOC(=O)[C@H]1CC[C@@H](n2/c(=N/C(=O)c3ccccc3)[nH]c3ccc(CN4CCCCC4)cc32)CC1. The number of piperidine rings is 1. The van der Waals surface area contributed by atoms with Crippen LogP contribution >= 0.6 is 0 Å². The molecule has 1 saturated carbocycles. The van der Waals surface area contributed by atoms with E-state index < -0.39 is 0 Å². The first-order valence-corrected chi connectivity index (χ1v) is 13.4. The molecule has 1 saturated heterocycles. The molecule has 0 unspecified atom stereocenters. The number of fused-ring (bicyclic) bond motifs is 1. The summed E-state index contributed by atoms with van der Waals surface area (Å²) in [6.45, 7) is 5.50. The van der Waals surface area contributed by atoms with E-state index in [-0.39, 0.29) is 23.8 Å². The third-order valence-electron chi connectivity index (χ3n) is 7.56. The van der Waals surface area contributed by atoms with Gasteiger partial charge in [-0.25, -0.2) is 0 Å². The van der Waals surface area contributed by atoms with Crippen molar-refractivity contribution in [3.8, 4) is 0 Å². The number of hydrogen-bond donors (Lipinski definition) is 1. The van der Waals surface area contributed by atoms with Gasteiger partial charge in [-0.15, -0.1) is 0 Å². The molecule has 1 aromatic heterocycles. The molecule has 0 spiro atoms. The molecule has 5 rings (SSSR count). The lowest BCUT2D eigenvalue weighted by atomic mass is 9.86. The largest absolute Gasteiger partial charge is 0.466 e. The Hall–Kier alpha value is -3.19. The van der Waals surface area contributed by atoms with E-state index in [1.54, 1.807) is 12.1 Å². The summed E-state index contributed by atoms with van der Waals surface area (Å²) < 4.78 is 7.48. The highest BCUT2D eigenvalue weighted by atomic mass is 16.5. The molecule has 7 nitrogen and oxygen atoms in total. The number of likely N-dealkylation sites (tertiary alicyclic amines) is 1. The molecule has 2 aliphatic rings. The highest BCUT2D eigenvalue weighted by molar-refractivity contribution is 5.94. The molecule has 1 amide bonds. The van der Waals surface area contributed by atoms with Crippen LogP contribution in [0.2, 0.25) is 0 Å². The van der Waals surface area contributed by atoms with Crippen molar-refractivity contribution < 1.29 is 14.3 Å². The van der Waals surface area contributed by atoms with E-state index >= 15 is 0 Å². The maximum atomic E-state index is 13.0. The van der Waals surface area contributed by atoms with Gasteiger partial charge in [0.2, 0.25) is 5.62 Å². The van der Waals surface area contributed by atoms with E-state index in [0.29, 0.717) is 17.8 Å². The van der Waals surface area contributed by atoms with E-state index in [1.165, 1.54) is 24.8 Å². The van der Waals surface area contributed by atoms with Crippen molar-refractivity contribution >= 4 is 22.9 Å². The second-order valence-corrected chi connectivity index (χ2v) is 10.0. The van der Waals surface area contributed by atoms with Gasteiger partial charge in [-0.2, -0.15) is 4.99 Å². The molecule has 1 aliphatic heterocycles. The van der Waals surface area contributed by atoms with Crippen LogP contribution in [0.1, 0.15) is 73.8 Å². The van der Waals surface area contributed by atoms with Crippen LogP contribution in [0.4, 0.5) is 0 Å². The predicted molar refractivity (Wildman–Crippen MR) is 139 cm³/mol. The fraction of sp³-hybridized carbons (Fsp3) is 0.483. The van der Waals surface area contributed by atoms with Crippen LogP contribution in [0.25, 0.3) is 11.0 Å². The molecule has 3 aromatic rings. The Kier molecular flexibility index (Phi) is 7.66. The zero-order valence-electron chi connectivity index (χ0n) is 21.1. The average molecular weight is 489 g/mol. The van der Waals surface area contributed by atoms with E-state index in [1.807, 2.05) is 25.1 Å². The number of nitrogens with one attached hydrogen (secondary N) is 1. The summed E-state index contributed by atoms with van der Waals surface area (Å²) in [5.74, 6) is -0.398. The third kappa shape index (κ3) is 5.46. The van der Waals surface area contributed by atoms with Crippen molar-refractivity contribution in [3.63, 3.8) is 0 Å². The minimum absolute atomic E-state index is 0.0481. The van der Waals surface area contributed by atoms with Gasteiger partial charge >= 0.3 is 5.97 Å². The summed E-state index contributed by atoms with van der Waals surface area (Å²) >= 11 is 0. The molecule has 2 aromatic carbocycles. The van der Waals surface area contributed by atoms with Crippen molar-refractivity contribution in [2.45, 2.75) is 64.5 Å². The van der Waals surface area contributed by atoms with Crippen molar-refractivity contribution in [1.82, 2.24) is 14.5 Å².